The Kier molecular flexibility index (Phi) is 5.19. The molecule has 0 bridgehead atoms. The van der Waals surface area contributed by atoms with Crippen LogP contribution in [0.2, 0.25) is 5.15 Å². The zero-order valence-electron chi connectivity index (χ0n) is 16.9. The Hall–Kier alpha value is -2.28. The van der Waals surface area contributed by atoms with Gasteiger partial charge in [-0.3, -0.25) is 14.3 Å². The number of hydrogen-bond donors (Lipinski definition) is 0. The van der Waals surface area contributed by atoms with Crippen LogP contribution in [-0.2, 0) is 17.9 Å². The summed E-state index contributed by atoms with van der Waals surface area (Å²) in [6.07, 6.45) is 1.72. The quantitative estimate of drug-likeness (QED) is 0.748. The van der Waals surface area contributed by atoms with Crippen LogP contribution >= 0.6 is 11.6 Å². The Morgan fingerprint density at radius 1 is 1.21 bits per heavy atom. The van der Waals surface area contributed by atoms with E-state index < -0.39 is 11.9 Å². The van der Waals surface area contributed by atoms with Crippen LogP contribution in [0.4, 0.5) is 10.1 Å². The van der Waals surface area contributed by atoms with Crippen molar-refractivity contribution in [2.45, 2.75) is 59.2 Å². The molecule has 8 heteroatoms. The van der Waals surface area contributed by atoms with Crippen molar-refractivity contribution in [3.63, 3.8) is 0 Å². The van der Waals surface area contributed by atoms with Crippen LogP contribution in [0.25, 0.3) is 11.1 Å². The SMILES string of the molecule is CCN1C(=O)C(CC(C)C)Oc2cc(F)c(-c3c(Cl)n4n(c3=O)CCCC4)cc21. The van der Waals surface area contributed by atoms with Gasteiger partial charge in [0.2, 0.25) is 0 Å². The van der Waals surface area contributed by atoms with E-state index in [0.29, 0.717) is 37.5 Å². The maximum Gasteiger partial charge on any atom is 0.276 e. The first-order chi connectivity index (χ1) is 13.8. The van der Waals surface area contributed by atoms with E-state index in [2.05, 4.69) is 0 Å². The second kappa shape index (κ2) is 7.52. The van der Waals surface area contributed by atoms with Crippen molar-refractivity contribution in [1.82, 2.24) is 9.36 Å². The first-order valence-electron chi connectivity index (χ1n) is 10.1. The predicted octanol–water partition coefficient (Wildman–Crippen LogP) is 4.06. The number of likely N-dealkylation sites (N-methyl/N-ethyl adjacent to an activating group) is 1. The molecule has 0 radical (unpaired) electrons. The summed E-state index contributed by atoms with van der Waals surface area (Å²) in [6.45, 7) is 7.49. The molecule has 1 aromatic carbocycles. The average molecular weight is 422 g/mol. The Balaban J connectivity index is 1.84. The molecule has 6 nitrogen and oxygen atoms in total. The van der Waals surface area contributed by atoms with Crippen molar-refractivity contribution in [3.8, 4) is 16.9 Å². The molecule has 0 fully saturated rings. The summed E-state index contributed by atoms with van der Waals surface area (Å²) in [5.41, 5.74) is 0.405. The second-order valence-corrected chi connectivity index (χ2v) is 8.40. The number of hydrogen-bond acceptors (Lipinski definition) is 3. The number of fused-ring (bicyclic) bond motifs is 2. The van der Waals surface area contributed by atoms with Crippen LogP contribution < -0.4 is 15.2 Å². The topological polar surface area (TPSA) is 56.5 Å². The van der Waals surface area contributed by atoms with E-state index in [0.717, 1.165) is 12.8 Å². The summed E-state index contributed by atoms with van der Waals surface area (Å²) in [5.74, 6) is -0.149. The summed E-state index contributed by atoms with van der Waals surface area (Å²) in [7, 11) is 0. The summed E-state index contributed by atoms with van der Waals surface area (Å²) in [5, 5.41) is 0.234. The lowest BCUT2D eigenvalue weighted by Gasteiger charge is -2.34. The molecular formula is C21H25ClFN3O3. The van der Waals surface area contributed by atoms with Crippen molar-refractivity contribution in [2.24, 2.45) is 5.92 Å². The fourth-order valence-corrected chi connectivity index (χ4v) is 4.55. The number of amides is 1. The largest absolute Gasteiger partial charge is 0.478 e. The van der Waals surface area contributed by atoms with Crippen LogP contribution in [-0.4, -0.2) is 27.9 Å². The maximum absolute atomic E-state index is 15.1. The number of nitrogens with zero attached hydrogens (tertiary/aromatic N) is 3. The number of ether oxygens (including phenoxy) is 1. The van der Waals surface area contributed by atoms with Crippen molar-refractivity contribution in [2.75, 3.05) is 11.4 Å². The van der Waals surface area contributed by atoms with E-state index in [1.807, 2.05) is 20.8 Å². The Bertz CT molecular complexity index is 1030. The zero-order valence-corrected chi connectivity index (χ0v) is 17.6. The van der Waals surface area contributed by atoms with Crippen LogP contribution in [0.1, 0.15) is 40.0 Å². The van der Waals surface area contributed by atoms with E-state index in [9.17, 15) is 9.59 Å². The third-order valence-corrected chi connectivity index (χ3v) is 5.97. The number of carbonyl (C=O) groups excluding carboxylic acids is 1. The van der Waals surface area contributed by atoms with Gasteiger partial charge in [-0.2, -0.15) is 0 Å². The summed E-state index contributed by atoms with van der Waals surface area (Å²) < 4.78 is 24.2. The summed E-state index contributed by atoms with van der Waals surface area (Å²) in [6, 6.07) is 2.79. The molecule has 156 valence electrons. The highest BCUT2D eigenvalue weighted by molar-refractivity contribution is 6.32. The second-order valence-electron chi connectivity index (χ2n) is 8.04. The summed E-state index contributed by atoms with van der Waals surface area (Å²) >= 11 is 6.48. The standard InChI is InChI=1S/C21H25ClFN3O3/c1-4-24-15-10-13(18-19(22)25-7-5-6-8-26(25)21(18)28)14(23)11-16(15)29-17(20(24)27)9-12(2)3/h10-12,17H,4-9H2,1-3H3. The maximum atomic E-state index is 15.1. The average Bonchev–Trinajstić information content (AvgIpc) is 2.93. The number of rotatable bonds is 4. The number of benzene rings is 1. The molecule has 4 rings (SSSR count). The monoisotopic (exact) mass is 421 g/mol. The Labute approximate surface area is 173 Å². The molecule has 3 heterocycles. The van der Waals surface area contributed by atoms with Gasteiger partial charge in [-0.25, -0.2) is 9.07 Å². The molecule has 0 spiro atoms. The van der Waals surface area contributed by atoms with Crippen LogP contribution in [0.15, 0.2) is 16.9 Å². The fraction of sp³-hybridized carbons (Fsp3) is 0.524. The van der Waals surface area contributed by atoms with Gasteiger partial charge in [0.05, 0.1) is 11.3 Å². The third kappa shape index (κ3) is 3.25. The lowest BCUT2D eigenvalue weighted by Crippen LogP contribution is -2.46. The molecule has 29 heavy (non-hydrogen) atoms. The minimum absolute atomic E-state index is 0.102. The van der Waals surface area contributed by atoms with Crippen molar-refractivity contribution >= 4 is 23.2 Å². The predicted molar refractivity (Wildman–Crippen MR) is 110 cm³/mol. The highest BCUT2D eigenvalue weighted by Crippen LogP contribution is 2.41. The van der Waals surface area contributed by atoms with Crippen molar-refractivity contribution in [3.05, 3.63) is 33.5 Å². The number of halogens is 2. The van der Waals surface area contributed by atoms with Crippen molar-refractivity contribution < 1.29 is 13.9 Å². The molecule has 2 aromatic rings. The molecule has 2 aliphatic rings. The van der Waals surface area contributed by atoms with Crippen molar-refractivity contribution in [1.29, 1.82) is 0 Å². The van der Waals surface area contributed by atoms with E-state index in [1.165, 1.54) is 12.1 Å². The van der Waals surface area contributed by atoms with Gasteiger partial charge in [-0.05, 0) is 38.2 Å². The molecule has 1 unspecified atom stereocenters. The van der Waals surface area contributed by atoms with Crippen LogP contribution in [0.5, 0.6) is 5.75 Å². The molecule has 0 N–H and O–H groups in total. The number of aromatic nitrogens is 2. The molecule has 1 amide bonds. The Morgan fingerprint density at radius 3 is 2.52 bits per heavy atom. The number of anilines is 1. The fourth-order valence-electron chi connectivity index (χ4n) is 4.19. The highest BCUT2D eigenvalue weighted by atomic mass is 35.5. The minimum Gasteiger partial charge on any atom is -0.478 e. The van der Waals surface area contributed by atoms with E-state index in [1.54, 1.807) is 14.3 Å². The minimum atomic E-state index is -0.635. The van der Waals surface area contributed by atoms with Gasteiger partial charge >= 0.3 is 0 Å². The molecule has 0 saturated heterocycles. The van der Waals surface area contributed by atoms with E-state index in [4.69, 9.17) is 16.3 Å². The lowest BCUT2D eigenvalue weighted by atomic mass is 10.0. The van der Waals surface area contributed by atoms with Gasteiger partial charge < -0.3 is 9.64 Å². The molecule has 1 atom stereocenters. The van der Waals surface area contributed by atoms with Gasteiger partial charge in [0, 0.05) is 31.3 Å². The van der Waals surface area contributed by atoms with Gasteiger partial charge in [-0.15, -0.1) is 0 Å². The molecule has 1 aromatic heterocycles. The smallest absolute Gasteiger partial charge is 0.276 e. The molecular weight excluding hydrogens is 397 g/mol. The van der Waals surface area contributed by atoms with Gasteiger partial charge in [0.1, 0.15) is 16.7 Å². The highest BCUT2D eigenvalue weighted by Gasteiger charge is 2.36. The first kappa shape index (κ1) is 20.0. The third-order valence-electron chi connectivity index (χ3n) is 5.58. The number of carbonyl (C=O) groups is 1. The molecule has 2 aliphatic heterocycles. The normalized spacial score (nSPS) is 18.6. The van der Waals surface area contributed by atoms with Gasteiger partial charge in [-0.1, -0.05) is 25.4 Å². The van der Waals surface area contributed by atoms with E-state index >= 15 is 4.39 Å². The molecule has 0 aliphatic carbocycles. The first-order valence-corrected chi connectivity index (χ1v) is 10.5. The summed E-state index contributed by atoms with van der Waals surface area (Å²) in [4.78, 5) is 27.4. The van der Waals surface area contributed by atoms with E-state index in [-0.39, 0.29) is 33.7 Å². The van der Waals surface area contributed by atoms with Gasteiger partial charge in [0.15, 0.2) is 6.10 Å². The molecule has 0 saturated carbocycles. The van der Waals surface area contributed by atoms with Gasteiger partial charge in [0.25, 0.3) is 11.5 Å². The Morgan fingerprint density at radius 2 is 1.90 bits per heavy atom. The van der Waals surface area contributed by atoms with Crippen LogP contribution in [0, 0.1) is 11.7 Å². The zero-order chi connectivity index (χ0) is 20.9. The lowest BCUT2D eigenvalue weighted by molar-refractivity contribution is -0.127. The van der Waals surface area contributed by atoms with Crippen LogP contribution in [0.3, 0.4) is 0 Å².